The Morgan fingerprint density at radius 2 is 1.89 bits per heavy atom. The van der Waals surface area contributed by atoms with E-state index >= 15 is 0 Å². The second-order valence-electron chi connectivity index (χ2n) is 8.65. The number of nitrogens with zero attached hydrogens (tertiary/aromatic N) is 1. The van der Waals surface area contributed by atoms with Gasteiger partial charge in [0.15, 0.2) is 11.5 Å². The van der Waals surface area contributed by atoms with E-state index in [4.69, 9.17) is 9.47 Å². The molecule has 0 spiro atoms. The number of hydrogen-bond acceptors (Lipinski definition) is 7. The third-order valence-corrected chi connectivity index (χ3v) is 6.45. The molecule has 2 amide bonds. The molecule has 4 N–H and O–H groups in total. The van der Waals surface area contributed by atoms with Gasteiger partial charge in [-0.1, -0.05) is 30.3 Å². The van der Waals surface area contributed by atoms with Crippen LogP contribution >= 0.6 is 0 Å². The monoisotopic (exact) mass is 482 g/mol. The van der Waals surface area contributed by atoms with Crippen LogP contribution in [-0.4, -0.2) is 70.5 Å². The molecule has 9 heteroatoms. The highest BCUT2D eigenvalue weighted by Gasteiger charge is 2.51. The molecule has 35 heavy (non-hydrogen) atoms. The second-order valence-corrected chi connectivity index (χ2v) is 8.65. The molecule has 0 radical (unpaired) electrons. The van der Waals surface area contributed by atoms with Crippen LogP contribution in [0.2, 0.25) is 0 Å². The van der Waals surface area contributed by atoms with E-state index in [0.717, 1.165) is 5.56 Å². The molecule has 0 saturated carbocycles. The van der Waals surface area contributed by atoms with Crippen molar-refractivity contribution >= 4 is 11.8 Å². The van der Waals surface area contributed by atoms with E-state index in [1.54, 1.807) is 18.2 Å². The smallest absolute Gasteiger partial charge is 0.247 e. The lowest BCUT2D eigenvalue weighted by Crippen LogP contribution is -2.55. The normalized spacial score (nSPS) is 22.4. The Hall–Kier alpha value is -3.40. The van der Waals surface area contributed by atoms with Gasteiger partial charge < -0.3 is 35.0 Å². The summed E-state index contributed by atoms with van der Waals surface area (Å²) >= 11 is 0. The average Bonchev–Trinajstić information content (AvgIpc) is 3.26. The van der Waals surface area contributed by atoms with Gasteiger partial charge in [-0.2, -0.15) is 0 Å². The van der Waals surface area contributed by atoms with Crippen molar-refractivity contribution in [3.8, 4) is 11.5 Å². The Bertz CT molecular complexity index is 1120. The molecular formula is C26H30N2O7. The predicted molar refractivity (Wildman–Crippen MR) is 127 cm³/mol. The van der Waals surface area contributed by atoms with Crippen LogP contribution in [0.1, 0.15) is 29.5 Å². The summed E-state index contributed by atoms with van der Waals surface area (Å²) in [4.78, 5) is 27.4. The summed E-state index contributed by atoms with van der Waals surface area (Å²) in [5.74, 6) is -0.580. The van der Waals surface area contributed by atoms with Crippen LogP contribution in [0.25, 0.3) is 0 Å². The zero-order chi connectivity index (χ0) is 25.1. The lowest BCUT2D eigenvalue weighted by Gasteiger charge is -2.40. The molecule has 0 fully saturated rings. The number of methoxy groups -OCH3 is 1. The number of fused-ring (bicyclic) bond motifs is 3. The summed E-state index contributed by atoms with van der Waals surface area (Å²) in [6.07, 6.45) is -0.397. The molecule has 186 valence electrons. The first-order chi connectivity index (χ1) is 16.9. The van der Waals surface area contributed by atoms with E-state index in [1.165, 1.54) is 18.9 Å². The Balaban J connectivity index is 1.80. The van der Waals surface area contributed by atoms with Crippen molar-refractivity contribution in [1.82, 2.24) is 10.2 Å². The molecule has 2 aromatic rings. The number of aliphatic hydroxyl groups is 3. The van der Waals surface area contributed by atoms with E-state index in [2.05, 4.69) is 5.32 Å². The maximum Gasteiger partial charge on any atom is 0.247 e. The van der Waals surface area contributed by atoms with Gasteiger partial charge in [0.1, 0.15) is 12.2 Å². The number of aliphatic hydroxyl groups excluding tert-OH is 3. The second kappa shape index (κ2) is 10.5. The van der Waals surface area contributed by atoms with Crippen molar-refractivity contribution in [3.63, 3.8) is 0 Å². The molecule has 2 aromatic carbocycles. The van der Waals surface area contributed by atoms with Crippen LogP contribution in [0.15, 0.2) is 54.1 Å². The van der Waals surface area contributed by atoms with Crippen molar-refractivity contribution in [2.45, 2.75) is 44.2 Å². The summed E-state index contributed by atoms with van der Waals surface area (Å²) in [6, 6.07) is 11.9. The van der Waals surface area contributed by atoms with Gasteiger partial charge >= 0.3 is 0 Å². The van der Waals surface area contributed by atoms with E-state index in [0.29, 0.717) is 28.2 Å². The van der Waals surface area contributed by atoms with Crippen molar-refractivity contribution < 1.29 is 34.4 Å². The van der Waals surface area contributed by atoms with Crippen molar-refractivity contribution in [2.24, 2.45) is 0 Å². The van der Waals surface area contributed by atoms with Crippen molar-refractivity contribution in [3.05, 3.63) is 70.8 Å². The fourth-order valence-corrected chi connectivity index (χ4v) is 4.83. The molecule has 4 rings (SSSR count). The van der Waals surface area contributed by atoms with E-state index in [-0.39, 0.29) is 32.2 Å². The highest BCUT2D eigenvalue weighted by atomic mass is 16.5. The number of nitrogens with one attached hydrogen (secondary N) is 1. The lowest BCUT2D eigenvalue weighted by molar-refractivity contribution is -0.135. The molecule has 2 aliphatic rings. The summed E-state index contributed by atoms with van der Waals surface area (Å²) in [5, 5.41) is 33.1. The minimum absolute atomic E-state index is 0.0505. The standard InChI is InChI=1S/C26H30N2O7/c1-15(31)28(13-16-6-4-3-5-7-16)20-12-19(26(33)27-8-9-29)22-18-10-17(14-30)11-21(34-2)24(18)35-25(22)23(20)32/h3-7,10-12,20,22-23,25,29-30,32H,8-9,13-14H2,1-2H3,(H,27,33). The number of rotatable bonds is 8. The van der Waals surface area contributed by atoms with Crippen LogP contribution in [0.5, 0.6) is 11.5 Å². The van der Waals surface area contributed by atoms with Crippen LogP contribution < -0.4 is 14.8 Å². The van der Waals surface area contributed by atoms with Gasteiger partial charge in [0.05, 0.1) is 32.3 Å². The largest absolute Gasteiger partial charge is 0.493 e. The first-order valence-corrected chi connectivity index (χ1v) is 11.5. The number of benzene rings is 2. The van der Waals surface area contributed by atoms with Gasteiger partial charge in [-0.3, -0.25) is 9.59 Å². The Morgan fingerprint density at radius 1 is 1.14 bits per heavy atom. The zero-order valence-corrected chi connectivity index (χ0v) is 19.7. The van der Waals surface area contributed by atoms with Gasteiger partial charge in [0.25, 0.3) is 0 Å². The van der Waals surface area contributed by atoms with Gasteiger partial charge in [0.2, 0.25) is 11.8 Å². The molecule has 0 saturated heterocycles. The minimum atomic E-state index is -1.14. The molecule has 1 aliphatic heterocycles. The summed E-state index contributed by atoms with van der Waals surface area (Å²) in [7, 11) is 1.48. The molecule has 0 aromatic heterocycles. The minimum Gasteiger partial charge on any atom is -0.493 e. The molecule has 9 nitrogen and oxygen atoms in total. The Morgan fingerprint density at radius 3 is 2.51 bits per heavy atom. The van der Waals surface area contributed by atoms with Crippen LogP contribution in [-0.2, 0) is 22.7 Å². The third kappa shape index (κ3) is 4.75. The number of carbonyl (C=O) groups excluding carboxylic acids is 2. The topological polar surface area (TPSA) is 129 Å². The summed E-state index contributed by atoms with van der Waals surface area (Å²) in [6.45, 7) is 1.23. The summed E-state index contributed by atoms with van der Waals surface area (Å²) in [5.41, 5.74) is 2.38. The fraction of sp³-hybridized carbons (Fsp3) is 0.385. The number of carbonyl (C=O) groups is 2. The lowest BCUT2D eigenvalue weighted by atomic mass is 9.77. The van der Waals surface area contributed by atoms with E-state index < -0.39 is 30.1 Å². The van der Waals surface area contributed by atoms with Crippen molar-refractivity contribution in [1.29, 1.82) is 0 Å². The molecule has 4 atom stereocenters. The average molecular weight is 483 g/mol. The third-order valence-electron chi connectivity index (χ3n) is 6.45. The Labute approximate surface area is 203 Å². The van der Waals surface area contributed by atoms with Gasteiger partial charge in [-0.15, -0.1) is 0 Å². The van der Waals surface area contributed by atoms with Gasteiger partial charge in [-0.05, 0) is 29.3 Å². The van der Waals surface area contributed by atoms with Crippen LogP contribution in [0.3, 0.4) is 0 Å². The Kier molecular flexibility index (Phi) is 7.39. The maximum absolute atomic E-state index is 13.2. The van der Waals surface area contributed by atoms with E-state index in [9.17, 15) is 24.9 Å². The molecule has 1 aliphatic carbocycles. The highest BCUT2D eigenvalue weighted by Crippen LogP contribution is 2.51. The first-order valence-electron chi connectivity index (χ1n) is 11.5. The number of amides is 2. The zero-order valence-electron chi connectivity index (χ0n) is 19.7. The number of ether oxygens (including phenoxy) is 2. The quantitative estimate of drug-likeness (QED) is 0.439. The first kappa shape index (κ1) is 24.7. The van der Waals surface area contributed by atoms with Crippen LogP contribution in [0.4, 0.5) is 0 Å². The molecule has 4 unspecified atom stereocenters. The van der Waals surface area contributed by atoms with Gasteiger partial charge in [-0.25, -0.2) is 0 Å². The van der Waals surface area contributed by atoms with E-state index in [1.807, 2.05) is 30.3 Å². The van der Waals surface area contributed by atoms with Crippen molar-refractivity contribution in [2.75, 3.05) is 20.3 Å². The van der Waals surface area contributed by atoms with Crippen LogP contribution in [0, 0.1) is 0 Å². The fourth-order valence-electron chi connectivity index (χ4n) is 4.83. The molecular weight excluding hydrogens is 452 g/mol. The SMILES string of the molecule is COc1cc(CO)cc2c1OC1C2C(C(=O)NCCO)=CC(N(Cc2ccccc2)C(C)=O)C1O. The highest BCUT2D eigenvalue weighted by molar-refractivity contribution is 5.96. The van der Waals surface area contributed by atoms with Gasteiger partial charge in [0, 0.05) is 31.1 Å². The predicted octanol–water partition coefficient (Wildman–Crippen LogP) is 0.859. The number of hydrogen-bond donors (Lipinski definition) is 4. The molecule has 0 bridgehead atoms. The maximum atomic E-state index is 13.2. The summed E-state index contributed by atoms with van der Waals surface area (Å²) < 4.78 is 11.6. The molecule has 1 heterocycles.